The average Bonchev–Trinajstić information content (AvgIpc) is 3.28. The van der Waals surface area contributed by atoms with Crippen molar-refractivity contribution in [3.8, 4) is 5.75 Å². The second-order valence-electron chi connectivity index (χ2n) is 5.04. The number of carbonyl (C=O) groups excluding carboxylic acids is 2. The Balaban J connectivity index is 1.75. The second-order valence-corrected chi connectivity index (χ2v) is 6.37. The van der Waals surface area contributed by atoms with Crippen LogP contribution in [-0.4, -0.2) is 30.3 Å². The summed E-state index contributed by atoms with van der Waals surface area (Å²) in [6.45, 7) is 1.80. The van der Waals surface area contributed by atoms with Gasteiger partial charge in [-0.25, -0.2) is 4.79 Å². The van der Waals surface area contributed by atoms with Gasteiger partial charge in [-0.1, -0.05) is 12.1 Å². The Morgan fingerprint density at radius 3 is 2.86 bits per heavy atom. The fraction of sp³-hybridized carbons (Fsp3) is 0.467. The van der Waals surface area contributed by atoms with Gasteiger partial charge in [0, 0.05) is 11.8 Å². The van der Waals surface area contributed by atoms with E-state index < -0.39 is 6.03 Å². The van der Waals surface area contributed by atoms with E-state index in [9.17, 15) is 9.59 Å². The van der Waals surface area contributed by atoms with E-state index >= 15 is 0 Å². The Labute approximate surface area is 128 Å². The lowest BCUT2D eigenvalue weighted by Gasteiger charge is -2.12. The molecule has 6 heteroatoms. The summed E-state index contributed by atoms with van der Waals surface area (Å²) in [5, 5.41) is 4.82. The molecule has 3 amide bonds. The lowest BCUT2D eigenvalue weighted by atomic mass is 10.2. The number of hydrogen-bond acceptors (Lipinski definition) is 4. The number of amides is 3. The maximum Gasteiger partial charge on any atom is 0.321 e. The summed E-state index contributed by atoms with van der Waals surface area (Å²) >= 11 is 1.49. The van der Waals surface area contributed by atoms with E-state index in [-0.39, 0.29) is 17.2 Å². The van der Waals surface area contributed by atoms with Gasteiger partial charge in [-0.15, -0.1) is 11.8 Å². The molecule has 2 N–H and O–H groups in total. The fourth-order valence-electron chi connectivity index (χ4n) is 1.72. The monoisotopic (exact) mass is 308 g/mol. The standard InChI is InChI=1S/C15H20N2O3S/c1-10(14(18)17-15(19)16-12-6-7-12)21-9-11-4-3-5-13(8-11)20-2/h3-5,8,10,12H,6-7,9H2,1-2H3,(H2,16,17,18,19)/t10-/m0/s1. The topological polar surface area (TPSA) is 67.4 Å². The molecule has 0 aromatic heterocycles. The van der Waals surface area contributed by atoms with Crippen molar-refractivity contribution in [2.45, 2.75) is 36.8 Å². The maximum atomic E-state index is 11.9. The molecule has 1 fully saturated rings. The van der Waals surface area contributed by atoms with Crippen LogP contribution in [0.4, 0.5) is 4.79 Å². The zero-order valence-electron chi connectivity index (χ0n) is 12.2. The molecule has 1 aromatic carbocycles. The Hall–Kier alpha value is -1.69. The van der Waals surface area contributed by atoms with Crippen LogP contribution in [0.2, 0.25) is 0 Å². The van der Waals surface area contributed by atoms with Crippen molar-refractivity contribution in [2.75, 3.05) is 7.11 Å². The van der Waals surface area contributed by atoms with E-state index in [1.165, 1.54) is 11.8 Å². The first-order chi connectivity index (χ1) is 10.1. The number of urea groups is 1. The first-order valence-electron chi connectivity index (χ1n) is 6.94. The van der Waals surface area contributed by atoms with E-state index in [0.717, 1.165) is 24.2 Å². The molecule has 114 valence electrons. The zero-order chi connectivity index (χ0) is 15.2. The van der Waals surface area contributed by atoms with Crippen LogP contribution in [0, 0.1) is 0 Å². The molecule has 0 radical (unpaired) electrons. The van der Waals surface area contributed by atoms with Crippen LogP contribution in [-0.2, 0) is 10.5 Å². The van der Waals surface area contributed by atoms with Crippen molar-refractivity contribution in [1.82, 2.24) is 10.6 Å². The number of rotatable bonds is 6. The second kappa shape index (κ2) is 7.36. The van der Waals surface area contributed by atoms with Gasteiger partial charge in [0.05, 0.1) is 12.4 Å². The number of hydrogen-bond donors (Lipinski definition) is 2. The Morgan fingerprint density at radius 2 is 2.19 bits per heavy atom. The molecule has 0 spiro atoms. The van der Waals surface area contributed by atoms with Crippen molar-refractivity contribution in [3.05, 3.63) is 29.8 Å². The van der Waals surface area contributed by atoms with Crippen molar-refractivity contribution < 1.29 is 14.3 Å². The summed E-state index contributed by atoms with van der Waals surface area (Å²) in [7, 11) is 1.63. The van der Waals surface area contributed by atoms with Gasteiger partial charge in [0.15, 0.2) is 0 Å². The Morgan fingerprint density at radius 1 is 1.43 bits per heavy atom. The van der Waals surface area contributed by atoms with Crippen LogP contribution >= 0.6 is 11.8 Å². The number of imide groups is 1. The van der Waals surface area contributed by atoms with Crippen LogP contribution < -0.4 is 15.4 Å². The molecule has 1 aliphatic rings. The molecule has 2 rings (SSSR count). The molecule has 0 saturated heterocycles. The third-order valence-electron chi connectivity index (χ3n) is 3.15. The van der Waals surface area contributed by atoms with Gasteiger partial charge in [-0.05, 0) is 37.5 Å². The molecule has 0 unspecified atom stereocenters. The van der Waals surface area contributed by atoms with Gasteiger partial charge < -0.3 is 10.1 Å². The zero-order valence-corrected chi connectivity index (χ0v) is 13.0. The smallest absolute Gasteiger partial charge is 0.321 e. The van der Waals surface area contributed by atoms with E-state index in [2.05, 4.69) is 10.6 Å². The summed E-state index contributed by atoms with van der Waals surface area (Å²) < 4.78 is 5.16. The molecule has 0 heterocycles. The lowest BCUT2D eigenvalue weighted by molar-refractivity contribution is -0.119. The van der Waals surface area contributed by atoms with Gasteiger partial charge in [0.1, 0.15) is 5.75 Å². The van der Waals surface area contributed by atoms with Crippen LogP contribution in [0.3, 0.4) is 0 Å². The van der Waals surface area contributed by atoms with Crippen molar-refractivity contribution in [3.63, 3.8) is 0 Å². The molecule has 1 atom stereocenters. The highest BCUT2D eigenvalue weighted by Gasteiger charge is 2.25. The largest absolute Gasteiger partial charge is 0.497 e. The molecular weight excluding hydrogens is 288 g/mol. The molecule has 1 aromatic rings. The van der Waals surface area contributed by atoms with Gasteiger partial charge in [-0.3, -0.25) is 10.1 Å². The molecule has 5 nitrogen and oxygen atoms in total. The molecule has 0 bridgehead atoms. The minimum absolute atomic E-state index is 0.248. The molecule has 0 aliphatic heterocycles. The number of methoxy groups -OCH3 is 1. The van der Waals surface area contributed by atoms with Gasteiger partial charge in [-0.2, -0.15) is 0 Å². The highest BCUT2D eigenvalue weighted by atomic mass is 32.2. The van der Waals surface area contributed by atoms with Crippen LogP contribution in [0.1, 0.15) is 25.3 Å². The van der Waals surface area contributed by atoms with E-state index in [0.29, 0.717) is 5.75 Å². The van der Waals surface area contributed by atoms with Gasteiger partial charge in [0.2, 0.25) is 5.91 Å². The third-order valence-corrected chi connectivity index (χ3v) is 4.37. The predicted molar refractivity (Wildman–Crippen MR) is 83.4 cm³/mol. The summed E-state index contributed by atoms with van der Waals surface area (Å²) in [6, 6.07) is 7.58. The normalized spacial score (nSPS) is 15.1. The quantitative estimate of drug-likeness (QED) is 0.846. The third kappa shape index (κ3) is 5.30. The summed E-state index contributed by atoms with van der Waals surface area (Å²) in [5.74, 6) is 1.23. The first-order valence-corrected chi connectivity index (χ1v) is 7.99. The number of thioether (sulfide) groups is 1. The number of ether oxygens (including phenoxy) is 1. The van der Waals surface area contributed by atoms with E-state index in [1.807, 2.05) is 24.3 Å². The Kier molecular flexibility index (Phi) is 5.50. The Bertz CT molecular complexity index is 517. The van der Waals surface area contributed by atoms with Gasteiger partial charge >= 0.3 is 6.03 Å². The fourth-order valence-corrected chi connectivity index (χ4v) is 2.55. The number of carbonyl (C=O) groups is 2. The number of benzene rings is 1. The van der Waals surface area contributed by atoms with E-state index in [1.54, 1.807) is 14.0 Å². The number of nitrogens with one attached hydrogen (secondary N) is 2. The molecule has 1 aliphatic carbocycles. The summed E-state index contributed by atoms with van der Waals surface area (Å²) in [4.78, 5) is 23.4. The molecule has 1 saturated carbocycles. The molecule has 21 heavy (non-hydrogen) atoms. The predicted octanol–water partition coefficient (Wildman–Crippen LogP) is 2.31. The van der Waals surface area contributed by atoms with Gasteiger partial charge in [0.25, 0.3) is 0 Å². The summed E-state index contributed by atoms with van der Waals surface area (Å²) in [5.41, 5.74) is 1.08. The minimum Gasteiger partial charge on any atom is -0.497 e. The van der Waals surface area contributed by atoms with E-state index in [4.69, 9.17) is 4.74 Å². The van der Waals surface area contributed by atoms with Crippen LogP contribution in [0.25, 0.3) is 0 Å². The van der Waals surface area contributed by atoms with Crippen LogP contribution in [0.15, 0.2) is 24.3 Å². The highest BCUT2D eigenvalue weighted by Crippen LogP contribution is 2.21. The minimum atomic E-state index is -0.392. The highest BCUT2D eigenvalue weighted by molar-refractivity contribution is 7.99. The van der Waals surface area contributed by atoms with Crippen LogP contribution in [0.5, 0.6) is 5.75 Å². The van der Waals surface area contributed by atoms with Crippen molar-refractivity contribution in [1.29, 1.82) is 0 Å². The summed E-state index contributed by atoms with van der Waals surface area (Å²) in [6.07, 6.45) is 2.00. The first kappa shape index (κ1) is 15.7. The SMILES string of the molecule is COc1cccc(CS[C@@H](C)C(=O)NC(=O)NC2CC2)c1. The average molecular weight is 308 g/mol. The molecular formula is C15H20N2O3S. The van der Waals surface area contributed by atoms with Crippen molar-refractivity contribution in [2.24, 2.45) is 0 Å². The van der Waals surface area contributed by atoms with Crippen molar-refractivity contribution >= 4 is 23.7 Å². The lowest BCUT2D eigenvalue weighted by Crippen LogP contribution is -2.43. The maximum absolute atomic E-state index is 11.9.